The van der Waals surface area contributed by atoms with Gasteiger partial charge in [0, 0.05) is 36.5 Å². The van der Waals surface area contributed by atoms with Crippen LogP contribution in [0.3, 0.4) is 0 Å². The summed E-state index contributed by atoms with van der Waals surface area (Å²) in [7, 11) is -7.98. The molecule has 0 bridgehead atoms. The number of sulfonamides is 1. The Bertz CT molecular complexity index is 1140. The molecular weight excluding hydrogens is 467 g/mol. The molecule has 1 aliphatic rings. The van der Waals surface area contributed by atoms with E-state index in [4.69, 9.17) is 16.3 Å². The van der Waals surface area contributed by atoms with Gasteiger partial charge in [-0.25, -0.2) is 25.9 Å². The minimum Gasteiger partial charge on any atom is -0.376 e. The third kappa shape index (κ3) is 5.63. The summed E-state index contributed by atoms with van der Waals surface area (Å²) < 4.78 is 72.8. The normalized spacial score (nSPS) is 19.3. The van der Waals surface area contributed by atoms with Crippen LogP contribution in [-0.2, 0) is 24.6 Å². The van der Waals surface area contributed by atoms with E-state index in [1.165, 1.54) is 36.4 Å². The van der Waals surface area contributed by atoms with Crippen LogP contribution in [0, 0.1) is 5.82 Å². The minimum absolute atomic E-state index is 0.121. The number of nitrogens with zero attached hydrogens (tertiary/aromatic N) is 1. The summed E-state index contributed by atoms with van der Waals surface area (Å²) in [6, 6.07) is 8.94. The number of hydrogen-bond acceptors (Lipinski definition) is 6. The number of nitrogens with one attached hydrogen (secondary N) is 1. The van der Waals surface area contributed by atoms with Crippen molar-refractivity contribution < 1.29 is 26.0 Å². The quantitative estimate of drug-likeness (QED) is 0.641. The van der Waals surface area contributed by atoms with E-state index in [1.807, 2.05) is 11.8 Å². The molecule has 31 heavy (non-hydrogen) atoms. The molecule has 2 atom stereocenters. The molecule has 1 heterocycles. The Kier molecular flexibility index (Phi) is 7.39. The molecule has 170 valence electrons. The molecule has 3 rings (SSSR count). The molecule has 7 nitrogen and oxygen atoms in total. The Hall–Kier alpha value is -1.56. The number of hydrogen-bond donors (Lipinski definition) is 1. The van der Waals surface area contributed by atoms with Crippen LogP contribution in [0.2, 0.25) is 5.02 Å². The lowest BCUT2D eigenvalue weighted by Crippen LogP contribution is -2.47. The highest BCUT2D eigenvalue weighted by Gasteiger charge is 2.31. The molecule has 0 aromatic heterocycles. The molecule has 1 N–H and O–H groups in total. The predicted octanol–water partition coefficient (Wildman–Crippen LogP) is 2.62. The van der Waals surface area contributed by atoms with Crippen LogP contribution in [0.4, 0.5) is 4.39 Å². The van der Waals surface area contributed by atoms with Gasteiger partial charge in [-0.15, -0.1) is 0 Å². The van der Waals surface area contributed by atoms with Crippen LogP contribution in [0.15, 0.2) is 52.3 Å². The van der Waals surface area contributed by atoms with Gasteiger partial charge in [-0.2, -0.15) is 0 Å². The standard InChI is InChI=1S/C20H24ClFN2O5S2/c1-14-13-24(10-11-29-14)17(20-15(21)6-5-7-16(20)22)12-23-31(27,28)19-9-4-3-8-18(19)30(2,25)26/h3-9,14,17,23H,10-13H2,1-2H3. The molecule has 0 spiro atoms. The maximum Gasteiger partial charge on any atom is 0.241 e. The lowest BCUT2D eigenvalue weighted by atomic mass is 10.0. The molecule has 2 aromatic carbocycles. The fourth-order valence-electron chi connectivity index (χ4n) is 3.62. The summed E-state index contributed by atoms with van der Waals surface area (Å²) in [6.07, 6.45) is 0.822. The molecule has 1 aliphatic heterocycles. The van der Waals surface area contributed by atoms with Gasteiger partial charge in [0.15, 0.2) is 9.84 Å². The number of morpholine rings is 1. The van der Waals surface area contributed by atoms with E-state index in [-0.39, 0.29) is 33.0 Å². The van der Waals surface area contributed by atoms with E-state index in [0.29, 0.717) is 19.7 Å². The van der Waals surface area contributed by atoms with Crippen LogP contribution >= 0.6 is 11.6 Å². The summed E-state index contributed by atoms with van der Waals surface area (Å²) in [5.41, 5.74) is 0.178. The zero-order valence-corrected chi connectivity index (χ0v) is 19.5. The SMILES string of the molecule is CC1CN(C(CNS(=O)(=O)c2ccccc2S(C)(=O)=O)c2c(F)cccc2Cl)CCO1. The molecule has 2 aromatic rings. The smallest absolute Gasteiger partial charge is 0.241 e. The van der Waals surface area contributed by atoms with Gasteiger partial charge >= 0.3 is 0 Å². The Morgan fingerprint density at radius 2 is 1.84 bits per heavy atom. The summed E-state index contributed by atoms with van der Waals surface area (Å²) in [5, 5.41) is 0.180. The summed E-state index contributed by atoms with van der Waals surface area (Å²) in [6.45, 7) is 3.00. The van der Waals surface area contributed by atoms with Crippen LogP contribution in [0.1, 0.15) is 18.5 Å². The van der Waals surface area contributed by atoms with E-state index >= 15 is 0 Å². The van der Waals surface area contributed by atoms with Crippen molar-refractivity contribution in [3.8, 4) is 0 Å². The van der Waals surface area contributed by atoms with Gasteiger partial charge in [-0.1, -0.05) is 29.8 Å². The van der Waals surface area contributed by atoms with Crippen molar-refractivity contribution in [3.05, 3.63) is 58.9 Å². The zero-order valence-electron chi connectivity index (χ0n) is 17.1. The maximum atomic E-state index is 14.7. The van der Waals surface area contributed by atoms with E-state index < -0.39 is 31.7 Å². The predicted molar refractivity (Wildman–Crippen MR) is 116 cm³/mol. The van der Waals surface area contributed by atoms with Crippen LogP contribution < -0.4 is 4.72 Å². The highest BCUT2D eigenvalue weighted by Crippen LogP contribution is 2.31. The number of benzene rings is 2. The number of rotatable bonds is 7. The second-order valence-electron chi connectivity index (χ2n) is 7.40. The summed E-state index contributed by atoms with van der Waals surface area (Å²) in [4.78, 5) is 1.25. The number of halogens is 2. The molecular formula is C20H24ClFN2O5S2. The lowest BCUT2D eigenvalue weighted by molar-refractivity contribution is -0.0342. The molecule has 11 heteroatoms. The van der Waals surface area contributed by atoms with Crippen LogP contribution in [-0.4, -0.2) is 60.3 Å². The average molecular weight is 491 g/mol. The molecule has 0 aliphatic carbocycles. The third-order valence-electron chi connectivity index (χ3n) is 5.05. The molecule has 0 saturated carbocycles. The van der Waals surface area contributed by atoms with E-state index in [2.05, 4.69) is 4.72 Å². The summed E-state index contributed by atoms with van der Waals surface area (Å²) in [5.74, 6) is -0.549. The first-order valence-corrected chi connectivity index (χ1v) is 13.3. The second-order valence-corrected chi connectivity index (χ2v) is 11.5. The number of ether oxygens (including phenoxy) is 1. The minimum atomic E-state index is -4.21. The van der Waals surface area contributed by atoms with Crippen molar-refractivity contribution in [3.63, 3.8) is 0 Å². The molecule has 2 unspecified atom stereocenters. The largest absolute Gasteiger partial charge is 0.376 e. The third-order valence-corrected chi connectivity index (χ3v) is 8.15. The van der Waals surface area contributed by atoms with Gasteiger partial charge in [0.25, 0.3) is 0 Å². The van der Waals surface area contributed by atoms with Gasteiger partial charge in [-0.05, 0) is 31.2 Å². The maximum absolute atomic E-state index is 14.7. The lowest BCUT2D eigenvalue weighted by Gasteiger charge is -2.38. The first-order valence-electron chi connectivity index (χ1n) is 9.59. The Morgan fingerprint density at radius 3 is 2.45 bits per heavy atom. The summed E-state index contributed by atoms with van der Waals surface area (Å²) >= 11 is 6.28. The fraction of sp³-hybridized carbons (Fsp3) is 0.400. The molecule has 0 amide bonds. The first-order chi connectivity index (χ1) is 14.5. The van der Waals surface area contributed by atoms with Gasteiger partial charge in [0.2, 0.25) is 10.0 Å². The molecule has 1 fully saturated rings. The molecule has 1 saturated heterocycles. The van der Waals surface area contributed by atoms with E-state index in [1.54, 1.807) is 6.07 Å². The van der Waals surface area contributed by atoms with Crippen molar-refractivity contribution in [2.24, 2.45) is 0 Å². The van der Waals surface area contributed by atoms with Crippen LogP contribution in [0.5, 0.6) is 0 Å². The highest BCUT2D eigenvalue weighted by molar-refractivity contribution is 7.93. The zero-order chi connectivity index (χ0) is 22.8. The van der Waals surface area contributed by atoms with Crippen molar-refractivity contribution in [1.29, 1.82) is 0 Å². The molecule has 0 radical (unpaired) electrons. The Morgan fingerprint density at radius 1 is 1.16 bits per heavy atom. The monoisotopic (exact) mass is 490 g/mol. The average Bonchev–Trinajstić information content (AvgIpc) is 2.69. The second kappa shape index (κ2) is 9.51. The van der Waals surface area contributed by atoms with E-state index in [9.17, 15) is 21.2 Å². The van der Waals surface area contributed by atoms with Crippen molar-refractivity contribution in [2.75, 3.05) is 32.5 Å². The number of sulfone groups is 1. The van der Waals surface area contributed by atoms with Crippen molar-refractivity contribution in [1.82, 2.24) is 9.62 Å². The van der Waals surface area contributed by atoms with Gasteiger partial charge in [0.1, 0.15) is 10.7 Å². The topological polar surface area (TPSA) is 92.8 Å². The van der Waals surface area contributed by atoms with Gasteiger partial charge < -0.3 is 4.74 Å². The van der Waals surface area contributed by atoms with Crippen molar-refractivity contribution >= 4 is 31.5 Å². The Labute approximate surface area is 187 Å². The van der Waals surface area contributed by atoms with E-state index in [0.717, 1.165) is 6.26 Å². The Balaban J connectivity index is 1.96. The van der Waals surface area contributed by atoms with Crippen molar-refractivity contribution in [2.45, 2.75) is 28.9 Å². The highest BCUT2D eigenvalue weighted by atomic mass is 35.5. The van der Waals surface area contributed by atoms with Crippen LogP contribution in [0.25, 0.3) is 0 Å². The fourth-order valence-corrected chi connectivity index (χ4v) is 6.57. The first kappa shape index (κ1) is 24.1. The van der Waals surface area contributed by atoms with Gasteiger partial charge in [-0.3, -0.25) is 4.90 Å². The van der Waals surface area contributed by atoms with Gasteiger partial charge in [0.05, 0.1) is 23.6 Å².